The average molecular weight is 289 g/mol. The molecule has 1 amide bonds. The number of amides is 1. The highest BCUT2D eigenvalue weighted by Crippen LogP contribution is 2.24. The third-order valence-corrected chi connectivity index (χ3v) is 3.78. The lowest BCUT2D eigenvalue weighted by Crippen LogP contribution is -2.45. The van der Waals surface area contributed by atoms with Crippen molar-refractivity contribution in [2.75, 3.05) is 13.1 Å². The quantitative estimate of drug-likeness (QED) is 0.732. The van der Waals surface area contributed by atoms with E-state index in [1.165, 1.54) is 32.1 Å². The minimum absolute atomic E-state index is 0. The van der Waals surface area contributed by atoms with Gasteiger partial charge in [-0.05, 0) is 25.2 Å². The Bertz CT molecular complexity index is 265. The lowest BCUT2D eigenvalue weighted by molar-refractivity contribution is -0.133. The van der Waals surface area contributed by atoms with Crippen molar-refractivity contribution >= 4 is 18.3 Å². The van der Waals surface area contributed by atoms with Crippen molar-refractivity contribution in [3.05, 3.63) is 12.7 Å². The zero-order valence-electron chi connectivity index (χ0n) is 12.1. The Morgan fingerprint density at radius 1 is 1.42 bits per heavy atom. The molecule has 0 aromatic carbocycles. The number of carbonyl (C=O) groups is 1. The van der Waals surface area contributed by atoms with Crippen molar-refractivity contribution in [2.24, 2.45) is 11.7 Å². The average Bonchev–Trinajstić information content (AvgIpc) is 2.39. The Morgan fingerprint density at radius 3 is 2.58 bits per heavy atom. The second-order valence-electron chi connectivity index (χ2n) is 5.43. The lowest BCUT2D eigenvalue weighted by Gasteiger charge is -2.30. The van der Waals surface area contributed by atoms with E-state index in [2.05, 4.69) is 13.5 Å². The summed E-state index contributed by atoms with van der Waals surface area (Å²) >= 11 is 0. The number of hydrogen-bond acceptors (Lipinski definition) is 2. The summed E-state index contributed by atoms with van der Waals surface area (Å²) in [7, 11) is 0. The molecule has 112 valence electrons. The zero-order valence-corrected chi connectivity index (χ0v) is 13.0. The van der Waals surface area contributed by atoms with Gasteiger partial charge in [0.25, 0.3) is 0 Å². The van der Waals surface area contributed by atoms with Crippen LogP contribution in [0.1, 0.15) is 51.9 Å². The van der Waals surface area contributed by atoms with Gasteiger partial charge in [-0.15, -0.1) is 19.0 Å². The molecule has 0 saturated heterocycles. The van der Waals surface area contributed by atoms with Gasteiger partial charge in [0.2, 0.25) is 5.91 Å². The molecule has 0 bridgehead atoms. The van der Waals surface area contributed by atoms with E-state index in [9.17, 15) is 4.79 Å². The topological polar surface area (TPSA) is 46.3 Å². The standard InChI is InChI=1S/C15H28N2O.ClH/c1-3-8-14(16)15(18)17(11-4-2)12-13-9-6-5-7-10-13;/h4,13-14H,2-3,5-12,16H2,1H3;1H. The van der Waals surface area contributed by atoms with Gasteiger partial charge in [0.05, 0.1) is 6.04 Å². The van der Waals surface area contributed by atoms with Crippen LogP contribution >= 0.6 is 12.4 Å². The van der Waals surface area contributed by atoms with Gasteiger partial charge in [0, 0.05) is 13.1 Å². The van der Waals surface area contributed by atoms with Crippen LogP contribution in [0.2, 0.25) is 0 Å². The summed E-state index contributed by atoms with van der Waals surface area (Å²) in [5, 5.41) is 0. The Morgan fingerprint density at radius 2 is 2.05 bits per heavy atom. The highest BCUT2D eigenvalue weighted by molar-refractivity contribution is 5.85. The number of nitrogens with zero attached hydrogens (tertiary/aromatic N) is 1. The normalized spacial score (nSPS) is 17.4. The predicted molar refractivity (Wildman–Crippen MR) is 83.5 cm³/mol. The summed E-state index contributed by atoms with van der Waals surface area (Å²) in [6, 6.07) is -0.335. The maximum Gasteiger partial charge on any atom is 0.239 e. The number of carbonyl (C=O) groups excluding carboxylic acids is 1. The Labute approximate surface area is 124 Å². The van der Waals surface area contributed by atoms with Gasteiger partial charge in [-0.25, -0.2) is 0 Å². The van der Waals surface area contributed by atoms with Crippen molar-refractivity contribution < 1.29 is 4.79 Å². The van der Waals surface area contributed by atoms with Crippen LogP contribution in [0.4, 0.5) is 0 Å². The summed E-state index contributed by atoms with van der Waals surface area (Å²) < 4.78 is 0. The third kappa shape index (κ3) is 6.44. The van der Waals surface area contributed by atoms with E-state index in [1.807, 2.05) is 4.90 Å². The maximum absolute atomic E-state index is 12.2. The molecule has 1 fully saturated rings. The molecule has 0 aliphatic heterocycles. The SMILES string of the molecule is C=CCN(CC1CCCCC1)C(=O)C(N)CCC.Cl. The van der Waals surface area contributed by atoms with E-state index in [4.69, 9.17) is 5.73 Å². The first-order chi connectivity index (χ1) is 8.69. The van der Waals surface area contributed by atoms with Crippen molar-refractivity contribution in [3.63, 3.8) is 0 Å². The van der Waals surface area contributed by atoms with Crippen LogP contribution in [0, 0.1) is 5.92 Å². The second-order valence-corrected chi connectivity index (χ2v) is 5.43. The highest BCUT2D eigenvalue weighted by Gasteiger charge is 2.23. The smallest absolute Gasteiger partial charge is 0.239 e. The molecule has 19 heavy (non-hydrogen) atoms. The van der Waals surface area contributed by atoms with E-state index in [-0.39, 0.29) is 24.4 Å². The van der Waals surface area contributed by atoms with Crippen LogP contribution in [0.25, 0.3) is 0 Å². The fraction of sp³-hybridized carbons (Fsp3) is 0.800. The van der Waals surface area contributed by atoms with E-state index in [0.29, 0.717) is 12.5 Å². The minimum Gasteiger partial charge on any atom is -0.337 e. The Kier molecular flexibility index (Phi) is 9.98. The summed E-state index contributed by atoms with van der Waals surface area (Å²) in [5.41, 5.74) is 5.94. The molecule has 2 N–H and O–H groups in total. The third-order valence-electron chi connectivity index (χ3n) is 3.78. The molecule has 3 nitrogen and oxygen atoms in total. The molecule has 0 spiro atoms. The first-order valence-electron chi connectivity index (χ1n) is 7.34. The molecule has 4 heteroatoms. The molecular formula is C15H29ClN2O. The molecule has 0 radical (unpaired) electrons. The maximum atomic E-state index is 12.2. The summed E-state index contributed by atoms with van der Waals surface area (Å²) in [6.07, 6.45) is 10.0. The fourth-order valence-electron chi connectivity index (χ4n) is 2.76. The van der Waals surface area contributed by atoms with Crippen LogP contribution in [-0.4, -0.2) is 29.9 Å². The van der Waals surface area contributed by atoms with Gasteiger partial charge in [0.15, 0.2) is 0 Å². The van der Waals surface area contributed by atoms with Crippen LogP contribution in [-0.2, 0) is 4.79 Å². The summed E-state index contributed by atoms with van der Waals surface area (Å²) in [6.45, 7) is 7.30. The van der Waals surface area contributed by atoms with E-state index >= 15 is 0 Å². The lowest BCUT2D eigenvalue weighted by atomic mass is 9.89. The highest BCUT2D eigenvalue weighted by atomic mass is 35.5. The van der Waals surface area contributed by atoms with Crippen LogP contribution in [0.5, 0.6) is 0 Å². The molecular weight excluding hydrogens is 260 g/mol. The van der Waals surface area contributed by atoms with Crippen LogP contribution < -0.4 is 5.73 Å². The summed E-state index contributed by atoms with van der Waals surface area (Å²) in [5.74, 6) is 0.763. The van der Waals surface area contributed by atoms with Crippen LogP contribution in [0.3, 0.4) is 0 Å². The van der Waals surface area contributed by atoms with Gasteiger partial charge in [0.1, 0.15) is 0 Å². The van der Waals surface area contributed by atoms with Crippen molar-refractivity contribution in [1.29, 1.82) is 0 Å². The molecule has 1 saturated carbocycles. The van der Waals surface area contributed by atoms with Crippen molar-refractivity contribution in [3.8, 4) is 0 Å². The molecule has 1 rings (SSSR count). The van der Waals surface area contributed by atoms with Gasteiger partial charge < -0.3 is 10.6 Å². The van der Waals surface area contributed by atoms with Crippen molar-refractivity contribution in [1.82, 2.24) is 4.90 Å². The molecule has 0 aromatic heterocycles. The van der Waals surface area contributed by atoms with Gasteiger partial charge >= 0.3 is 0 Å². The predicted octanol–water partition coefficient (Wildman–Crippen LogP) is 3.13. The molecule has 0 aromatic rings. The van der Waals surface area contributed by atoms with Gasteiger partial charge in [-0.1, -0.05) is 38.7 Å². The van der Waals surface area contributed by atoms with E-state index in [1.54, 1.807) is 6.08 Å². The number of hydrogen-bond donors (Lipinski definition) is 1. The first-order valence-corrected chi connectivity index (χ1v) is 7.34. The second kappa shape index (κ2) is 10.3. The minimum atomic E-state index is -0.335. The van der Waals surface area contributed by atoms with Crippen molar-refractivity contribution in [2.45, 2.75) is 57.9 Å². The van der Waals surface area contributed by atoms with Gasteiger partial charge in [-0.2, -0.15) is 0 Å². The number of rotatable bonds is 7. The van der Waals surface area contributed by atoms with Gasteiger partial charge in [-0.3, -0.25) is 4.79 Å². The Hall–Kier alpha value is -0.540. The van der Waals surface area contributed by atoms with E-state index < -0.39 is 0 Å². The molecule has 0 heterocycles. The van der Waals surface area contributed by atoms with Crippen LogP contribution in [0.15, 0.2) is 12.7 Å². The molecule has 1 unspecified atom stereocenters. The molecule has 1 atom stereocenters. The zero-order chi connectivity index (χ0) is 13.4. The monoisotopic (exact) mass is 288 g/mol. The molecule has 1 aliphatic rings. The van der Waals surface area contributed by atoms with E-state index in [0.717, 1.165) is 19.4 Å². The number of halogens is 1. The Balaban J connectivity index is 0.00000324. The number of nitrogens with two attached hydrogens (primary N) is 1. The fourth-order valence-corrected chi connectivity index (χ4v) is 2.76. The molecule has 1 aliphatic carbocycles. The first kappa shape index (κ1) is 18.5. The summed E-state index contributed by atoms with van der Waals surface area (Å²) in [4.78, 5) is 14.2. The largest absolute Gasteiger partial charge is 0.337 e.